The smallest absolute Gasteiger partial charge is 0.265 e. The number of aromatic nitrogens is 3. The van der Waals surface area contributed by atoms with Gasteiger partial charge in [-0.1, -0.05) is 0 Å². The molecule has 28 heavy (non-hydrogen) atoms. The second kappa shape index (κ2) is 6.92. The second-order valence-corrected chi connectivity index (χ2v) is 9.24. The molecule has 1 amide bonds. The average molecular weight is 393 g/mol. The van der Waals surface area contributed by atoms with Crippen LogP contribution in [0.5, 0.6) is 0 Å². The summed E-state index contributed by atoms with van der Waals surface area (Å²) in [6.45, 7) is 5.42. The van der Waals surface area contributed by atoms with E-state index >= 15 is 0 Å². The first kappa shape index (κ1) is 17.7. The number of aryl methyl sites for hydroxylation is 2. The topological polar surface area (TPSA) is 59.0 Å². The third-order valence-corrected chi connectivity index (χ3v) is 6.99. The van der Waals surface area contributed by atoms with Crippen molar-refractivity contribution in [3.63, 3.8) is 0 Å². The lowest BCUT2D eigenvalue weighted by Crippen LogP contribution is -2.38. The monoisotopic (exact) mass is 392 g/mol. The van der Waals surface area contributed by atoms with E-state index in [-0.39, 0.29) is 5.91 Å². The number of carbonyl (C=O) groups excluding carboxylic acids is 1. The highest BCUT2D eigenvalue weighted by Gasteiger charge is 2.28. The number of hydrogen-bond donors (Lipinski definition) is 0. The molecule has 0 atom stereocenters. The van der Waals surface area contributed by atoms with E-state index in [0.717, 1.165) is 58.2 Å². The highest BCUT2D eigenvalue weighted by atomic mass is 32.1. The van der Waals surface area contributed by atoms with Gasteiger partial charge in [0.1, 0.15) is 4.88 Å². The zero-order valence-corrected chi connectivity index (χ0v) is 17.1. The molecule has 2 fully saturated rings. The van der Waals surface area contributed by atoms with Crippen molar-refractivity contribution in [2.45, 2.75) is 51.4 Å². The Morgan fingerprint density at radius 1 is 1.07 bits per heavy atom. The Kier molecular flexibility index (Phi) is 4.38. The van der Waals surface area contributed by atoms with Crippen molar-refractivity contribution in [3.8, 4) is 0 Å². The molecule has 3 aromatic rings. The van der Waals surface area contributed by atoms with Crippen LogP contribution < -0.4 is 0 Å². The van der Waals surface area contributed by atoms with E-state index in [0.29, 0.717) is 11.8 Å². The lowest BCUT2D eigenvalue weighted by molar-refractivity contribution is 0.0716. The number of fused-ring (bicyclic) bond motifs is 1. The summed E-state index contributed by atoms with van der Waals surface area (Å²) in [7, 11) is 0. The van der Waals surface area contributed by atoms with Gasteiger partial charge < -0.3 is 4.90 Å². The van der Waals surface area contributed by atoms with E-state index in [2.05, 4.69) is 28.2 Å². The Morgan fingerprint density at radius 3 is 2.54 bits per heavy atom. The number of likely N-dealkylation sites (tertiary alicyclic amines) is 1. The molecular formula is C22H24N4OS. The minimum atomic E-state index is 0.127. The Morgan fingerprint density at radius 2 is 1.86 bits per heavy atom. The Bertz CT molecular complexity index is 1050. The molecule has 0 aromatic carbocycles. The van der Waals surface area contributed by atoms with E-state index < -0.39 is 0 Å². The molecule has 0 bridgehead atoms. The van der Waals surface area contributed by atoms with Crippen LogP contribution in [0.15, 0.2) is 24.4 Å². The van der Waals surface area contributed by atoms with Gasteiger partial charge in [-0.05, 0) is 69.2 Å². The van der Waals surface area contributed by atoms with E-state index in [1.807, 2.05) is 24.9 Å². The fourth-order valence-electron chi connectivity index (χ4n) is 4.16. The van der Waals surface area contributed by atoms with Gasteiger partial charge in [-0.3, -0.25) is 4.79 Å². The molecule has 0 spiro atoms. The lowest BCUT2D eigenvalue weighted by Gasteiger charge is -2.31. The van der Waals surface area contributed by atoms with Crippen LogP contribution in [0.3, 0.4) is 0 Å². The van der Waals surface area contributed by atoms with Crippen LogP contribution in [0.1, 0.15) is 69.1 Å². The van der Waals surface area contributed by atoms with Gasteiger partial charge in [0.25, 0.3) is 5.91 Å². The fourth-order valence-corrected chi connectivity index (χ4v) is 5.05. The lowest BCUT2D eigenvalue weighted by atomic mass is 9.92. The average Bonchev–Trinajstić information content (AvgIpc) is 3.51. The molecule has 1 aliphatic heterocycles. The van der Waals surface area contributed by atoms with E-state index in [1.54, 1.807) is 0 Å². The van der Waals surface area contributed by atoms with Crippen LogP contribution in [0.4, 0.5) is 0 Å². The molecule has 5 nitrogen and oxygen atoms in total. The third-order valence-electron chi connectivity index (χ3n) is 5.93. The van der Waals surface area contributed by atoms with Crippen molar-refractivity contribution in [3.05, 3.63) is 51.2 Å². The van der Waals surface area contributed by atoms with Crippen molar-refractivity contribution in [1.29, 1.82) is 0 Å². The van der Waals surface area contributed by atoms with Gasteiger partial charge in [0.05, 0.1) is 10.7 Å². The molecule has 0 N–H and O–H groups in total. The third kappa shape index (κ3) is 3.30. The van der Waals surface area contributed by atoms with Gasteiger partial charge in [-0.15, -0.1) is 11.3 Å². The maximum atomic E-state index is 12.8. The molecule has 144 valence electrons. The number of rotatable bonds is 3. The Hall–Kier alpha value is -2.34. The summed E-state index contributed by atoms with van der Waals surface area (Å²) in [6.07, 6.45) is 6.47. The highest BCUT2D eigenvalue weighted by Crippen LogP contribution is 2.40. The minimum Gasteiger partial charge on any atom is -0.338 e. The molecule has 1 saturated carbocycles. The first-order valence-electron chi connectivity index (χ1n) is 10.1. The quantitative estimate of drug-likeness (QED) is 0.654. The van der Waals surface area contributed by atoms with E-state index in [4.69, 9.17) is 4.98 Å². The van der Waals surface area contributed by atoms with Crippen molar-refractivity contribution < 1.29 is 4.79 Å². The zero-order chi connectivity index (χ0) is 19.3. The summed E-state index contributed by atoms with van der Waals surface area (Å²) in [5.41, 5.74) is 4.15. The van der Waals surface area contributed by atoms with E-state index in [1.165, 1.54) is 29.7 Å². The maximum Gasteiger partial charge on any atom is 0.265 e. The molecular weight excluding hydrogens is 368 g/mol. The number of nitrogens with zero attached hydrogens (tertiary/aromatic N) is 4. The number of amides is 1. The summed E-state index contributed by atoms with van der Waals surface area (Å²) in [5.74, 6) is 1.23. The predicted molar refractivity (Wildman–Crippen MR) is 111 cm³/mol. The van der Waals surface area contributed by atoms with Crippen LogP contribution in [-0.2, 0) is 0 Å². The molecule has 6 heteroatoms. The van der Waals surface area contributed by atoms with Gasteiger partial charge in [-0.2, -0.15) is 0 Å². The summed E-state index contributed by atoms with van der Waals surface area (Å²) in [5, 5.41) is 2.09. The summed E-state index contributed by atoms with van der Waals surface area (Å²) >= 11 is 1.50. The standard InChI is InChI=1S/C22H24N4OS/c1-13-20(28-14(2)24-13)22(27)26-9-7-16(8-10-26)19-6-5-17-11-18(15-3-4-15)12-23-21(17)25-19/h5-6,11-12,15-16H,3-4,7-10H2,1-2H3. The Labute approximate surface area is 168 Å². The van der Waals surface area contributed by atoms with Crippen molar-refractivity contribution in [2.24, 2.45) is 0 Å². The number of piperidine rings is 1. The fraction of sp³-hybridized carbons (Fsp3) is 0.455. The SMILES string of the molecule is Cc1nc(C)c(C(=O)N2CCC(c3ccc4cc(C5CC5)cnc4n3)CC2)s1. The summed E-state index contributed by atoms with van der Waals surface area (Å²) < 4.78 is 0. The van der Waals surface area contributed by atoms with Crippen LogP contribution in [0.25, 0.3) is 11.0 Å². The first-order chi connectivity index (χ1) is 13.6. The predicted octanol–water partition coefficient (Wildman–Crippen LogP) is 4.60. The van der Waals surface area contributed by atoms with Gasteiger partial charge in [0.15, 0.2) is 5.65 Å². The molecule has 1 saturated heterocycles. The molecule has 3 aromatic heterocycles. The molecule has 4 heterocycles. The van der Waals surface area contributed by atoms with Crippen LogP contribution in [0, 0.1) is 13.8 Å². The molecule has 1 aliphatic carbocycles. The van der Waals surface area contributed by atoms with Crippen molar-refractivity contribution in [1.82, 2.24) is 19.9 Å². The normalized spacial score (nSPS) is 18.0. The minimum absolute atomic E-state index is 0.127. The zero-order valence-electron chi connectivity index (χ0n) is 16.3. The van der Waals surface area contributed by atoms with E-state index in [9.17, 15) is 4.79 Å². The molecule has 0 unspecified atom stereocenters. The number of pyridine rings is 2. The molecule has 0 radical (unpaired) electrons. The molecule has 2 aliphatic rings. The number of thiazole rings is 1. The number of hydrogen-bond acceptors (Lipinski definition) is 5. The first-order valence-corrected chi connectivity index (χ1v) is 10.9. The van der Waals surface area contributed by atoms with Crippen LogP contribution in [-0.4, -0.2) is 38.8 Å². The van der Waals surface area contributed by atoms with Crippen molar-refractivity contribution >= 4 is 28.3 Å². The summed E-state index contributed by atoms with van der Waals surface area (Å²) in [6, 6.07) is 6.56. The van der Waals surface area contributed by atoms with Gasteiger partial charge in [0.2, 0.25) is 0 Å². The Balaban J connectivity index is 1.29. The van der Waals surface area contributed by atoms with Gasteiger partial charge in [-0.25, -0.2) is 15.0 Å². The largest absolute Gasteiger partial charge is 0.338 e. The summed E-state index contributed by atoms with van der Waals surface area (Å²) in [4.78, 5) is 29.4. The van der Waals surface area contributed by atoms with Gasteiger partial charge in [0, 0.05) is 36.3 Å². The number of carbonyl (C=O) groups is 1. The molecule has 5 rings (SSSR count). The van der Waals surface area contributed by atoms with Crippen molar-refractivity contribution in [2.75, 3.05) is 13.1 Å². The highest BCUT2D eigenvalue weighted by molar-refractivity contribution is 7.13. The van der Waals surface area contributed by atoms with Crippen LogP contribution in [0.2, 0.25) is 0 Å². The van der Waals surface area contributed by atoms with Gasteiger partial charge >= 0.3 is 0 Å². The maximum absolute atomic E-state index is 12.8. The second-order valence-electron chi connectivity index (χ2n) is 8.04. The van der Waals surface area contributed by atoms with Crippen LogP contribution >= 0.6 is 11.3 Å².